The summed E-state index contributed by atoms with van der Waals surface area (Å²) in [4.78, 5) is 10.3. The van der Waals surface area contributed by atoms with Gasteiger partial charge in [0, 0.05) is 11.4 Å². The molecule has 0 radical (unpaired) electrons. The summed E-state index contributed by atoms with van der Waals surface area (Å²) < 4.78 is 0. The molecule has 0 aliphatic rings. The molecule has 0 aliphatic heterocycles. The van der Waals surface area contributed by atoms with Gasteiger partial charge in [0.15, 0.2) is 0 Å². The Kier molecular flexibility index (Phi) is 5.34. The quantitative estimate of drug-likeness (QED) is 0.570. The number of alkyl halides is 1. The first-order valence-electron chi connectivity index (χ1n) is 4.97. The Labute approximate surface area is 107 Å². The minimum absolute atomic E-state index is 0.287. The van der Waals surface area contributed by atoms with E-state index in [9.17, 15) is 15.0 Å². The third-order valence-corrected chi connectivity index (χ3v) is 2.88. The highest BCUT2D eigenvalue weighted by molar-refractivity contribution is 9.09. The van der Waals surface area contributed by atoms with Crippen molar-refractivity contribution < 1.29 is 20.1 Å². The Morgan fingerprint density at radius 2 is 1.88 bits per heavy atom. The fourth-order valence-electron chi connectivity index (χ4n) is 1.28. The minimum Gasteiger partial charge on any atom is -0.478 e. The van der Waals surface area contributed by atoms with Crippen LogP contribution in [-0.4, -0.2) is 32.7 Å². The number of aliphatic hydroxyl groups excluding tert-OH is 2. The predicted molar refractivity (Wildman–Crippen MR) is 67.9 cm³/mol. The Morgan fingerprint density at radius 1 is 1.29 bits per heavy atom. The normalized spacial score (nSPS) is 14.8. The Balaban J connectivity index is 2.77. The Morgan fingerprint density at radius 3 is 2.35 bits per heavy atom. The number of carboxylic acids is 1. The van der Waals surface area contributed by atoms with Crippen LogP contribution in [0.3, 0.4) is 0 Å². The van der Waals surface area contributed by atoms with Crippen molar-refractivity contribution in [3.8, 4) is 0 Å². The van der Waals surface area contributed by atoms with Crippen LogP contribution in [0, 0.1) is 0 Å². The van der Waals surface area contributed by atoms with E-state index < -0.39 is 18.2 Å². The average Bonchev–Trinajstić information content (AvgIpc) is 2.35. The van der Waals surface area contributed by atoms with Crippen LogP contribution in [0.2, 0.25) is 0 Å². The summed E-state index contributed by atoms with van der Waals surface area (Å²) in [7, 11) is 0. The van der Waals surface area contributed by atoms with Crippen molar-refractivity contribution in [1.82, 2.24) is 0 Å². The lowest BCUT2D eigenvalue weighted by atomic mass is 10.0. The van der Waals surface area contributed by atoms with E-state index in [4.69, 9.17) is 5.11 Å². The van der Waals surface area contributed by atoms with Gasteiger partial charge in [0.25, 0.3) is 0 Å². The van der Waals surface area contributed by atoms with Crippen LogP contribution in [0.4, 0.5) is 0 Å². The van der Waals surface area contributed by atoms with Crippen molar-refractivity contribution in [3.63, 3.8) is 0 Å². The summed E-state index contributed by atoms with van der Waals surface area (Å²) in [6, 6.07) is 6.66. The van der Waals surface area contributed by atoms with E-state index in [0.717, 1.165) is 11.6 Å². The Bertz CT molecular complexity index is 399. The molecule has 0 heterocycles. The number of benzene rings is 1. The predicted octanol–water partition coefficient (Wildman–Crippen LogP) is 1.57. The minimum atomic E-state index is -1.01. The van der Waals surface area contributed by atoms with Gasteiger partial charge in [-0.25, -0.2) is 4.79 Å². The zero-order valence-corrected chi connectivity index (χ0v) is 10.5. The summed E-state index contributed by atoms with van der Waals surface area (Å²) in [5.41, 5.74) is 1.31. The van der Waals surface area contributed by atoms with Crippen molar-refractivity contribution in [3.05, 3.63) is 41.5 Å². The highest BCUT2D eigenvalue weighted by Crippen LogP contribution is 2.19. The number of hydrogen-bond acceptors (Lipinski definition) is 3. The fraction of sp³-hybridized carbons (Fsp3) is 0.250. The van der Waals surface area contributed by atoms with Crippen molar-refractivity contribution >= 4 is 28.0 Å². The van der Waals surface area contributed by atoms with E-state index in [1.165, 1.54) is 6.08 Å². The molecule has 0 amide bonds. The van der Waals surface area contributed by atoms with Gasteiger partial charge in [0.05, 0.1) is 6.10 Å². The SMILES string of the molecule is O=C(O)/C=C/c1ccc(C(O)C(O)CBr)cc1. The van der Waals surface area contributed by atoms with Crippen LogP contribution < -0.4 is 0 Å². The molecule has 0 aliphatic carbocycles. The van der Waals surface area contributed by atoms with E-state index in [0.29, 0.717) is 5.56 Å². The molecule has 0 saturated heterocycles. The second kappa shape index (κ2) is 6.54. The first-order chi connectivity index (χ1) is 8.04. The van der Waals surface area contributed by atoms with Crippen LogP contribution in [0.15, 0.2) is 30.3 Å². The molecular weight excluding hydrogens is 288 g/mol. The number of aliphatic hydroxyl groups is 2. The molecule has 17 heavy (non-hydrogen) atoms. The van der Waals surface area contributed by atoms with Gasteiger partial charge in [0.2, 0.25) is 0 Å². The molecule has 0 spiro atoms. The van der Waals surface area contributed by atoms with Gasteiger partial charge in [-0.3, -0.25) is 0 Å². The maximum Gasteiger partial charge on any atom is 0.328 e. The second-order valence-electron chi connectivity index (χ2n) is 3.50. The monoisotopic (exact) mass is 300 g/mol. The van der Waals surface area contributed by atoms with Crippen molar-refractivity contribution in [1.29, 1.82) is 0 Å². The summed E-state index contributed by atoms with van der Waals surface area (Å²) in [5.74, 6) is -1.01. The summed E-state index contributed by atoms with van der Waals surface area (Å²) in [6.45, 7) is 0. The van der Waals surface area contributed by atoms with Gasteiger partial charge in [0.1, 0.15) is 6.10 Å². The van der Waals surface area contributed by atoms with Gasteiger partial charge < -0.3 is 15.3 Å². The van der Waals surface area contributed by atoms with Gasteiger partial charge in [-0.15, -0.1) is 0 Å². The molecule has 3 N–H and O–H groups in total. The molecule has 2 unspecified atom stereocenters. The van der Waals surface area contributed by atoms with Gasteiger partial charge in [-0.2, -0.15) is 0 Å². The molecule has 92 valence electrons. The van der Waals surface area contributed by atoms with Crippen LogP contribution in [-0.2, 0) is 4.79 Å². The first-order valence-corrected chi connectivity index (χ1v) is 6.10. The molecule has 4 nitrogen and oxygen atoms in total. The standard InChI is InChI=1S/C12H13BrO4/c13-7-10(14)12(17)9-4-1-8(2-5-9)3-6-11(15)16/h1-6,10,12,14,17H,7H2,(H,15,16)/b6-3+. The van der Waals surface area contributed by atoms with Gasteiger partial charge in [-0.1, -0.05) is 40.2 Å². The number of carboxylic acid groups (broad SMARTS) is 1. The number of hydrogen-bond donors (Lipinski definition) is 3. The molecule has 0 bridgehead atoms. The number of rotatable bonds is 5. The van der Waals surface area contributed by atoms with Crippen LogP contribution in [0.5, 0.6) is 0 Å². The van der Waals surface area contributed by atoms with E-state index in [1.807, 2.05) is 0 Å². The zero-order valence-electron chi connectivity index (χ0n) is 8.95. The molecule has 1 aromatic carbocycles. The maximum atomic E-state index is 10.3. The molecule has 0 saturated carbocycles. The third-order valence-electron chi connectivity index (χ3n) is 2.22. The van der Waals surface area contributed by atoms with E-state index >= 15 is 0 Å². The van der Waals surface area contributed by atoms with E-state index in [2.05, 4.69) is 15.9 Å². The van der Waals surface area contributed by atoms with Gasteiger partial charge in [-0.05, 0) is 17.2 Å². The van der Waals surface area contributed by atoms with Crippen LogP contribution >= 0.6 is 15.9 Å². The molecule has 1 aromatic rings. The zero-order chi connectivity index (χ0) is 12.8. The highest BCUT2D eigenvalue weighted by Gasteiger charge is 2.16. The van der Waals surface area contributed by atoms with Crippen LogP contribution in [0.25, 0.3) is 6.08 Å². The van der Waals surface area contributed by atoms with E-state index in [1.54, 1.807) is 24.3 Å². The maximum absolute atomic E-state index is 10.3. The fourth-order valence-corrected chi connectivity index (χ4v) is 1.63. The molecule has 1 rings (SSSR count). The lowest BCUT2D eigenvalue weighted by Crippen LogP contribution is -2.19. The van der Waals surface area contributed by atoms with Crippen molar-refractivity contribution in [2.24, 2.45) is 0 Å². The molecule has 2 atom stereocenters. The lowest BCUT2D eigenvalue weighted by Gasteiger charge is -2.15. The largest absolute Gasteiger partial charge is 0.478 e. The molecule has 0 fully saturated rings. The summed E-state index contributed by atoms with van der Waals surface area (Å²) in [6.07, 6.45) is 0.681. The smallest absolute Gasteiger partial charge is 0.328 e. The number of aliphatic carboxylic acids is 1. The van der Waals surface area contributed by atoms with Crippen molar-refractivity contribution in [2.45, 2.75) is 12.2 Å². The molecular formula is C12H13BrO4. The summed E-state index contributed by atoms with van der Waals surface area (Å²) >= 11 is 3.08. The highest BCUT2D eigenvalue weighted by atomic mass is 79.9. The number of carbonyl (C=O) groups is 1. The van der Waals surface area contributed by atoms with E-state index in [-0.39, 0.29) is 5.33 Å². The van der Waals surface area contributed by atoms with Crippen molar-refractivity contribution in [2.75, 3.05) is 5.33 Å². The molecule has 5 heteroatoms. The summed E-state index contributed by atoms with van der Waals surface area (Å²) in [5, 5.41) is 27.9. The lowest BCUT2D eigenvalue weighted by molar-refractivity contribution is -0.131. The molecule has 0 aromatic heterocycles. The Hall–Kier alpha value is -1.17. The van der Waals surface area contributed by atoms with Crippen LogP contribution in [0.1, 0.15) is 17.2 Å². The topological polar surface area (TPSA) is 77.8 Å². The third kappa shape index (κ3) is 4.30. The van der Waals surface area contributed by atoms with Gasteiger partial charge >= 0.3 is 5.97 Å². The average molecular weight is 301 g/mol. The number of halogens is 1. The second-order valence-corrected chi connectivity index (χ2v) is 4.15. The first kappa shape index (κ1) is 13.9.